The molecule has 0 saturated heterocycles. The van der Waals surface area contributed by atoms with Crippen LogP contribution in [0.25, 0.3) is 0 Å². The quantitative estimate of drug-likeness (QED) is 0.606. The van der Waals surface area contributed by atoms with Crippen molar-refractivity contribution >= 4 is 0 Å². The predicted molar refractivity (Wildman–Crippen MR) is 81.1 cm³/mol. The molecule has 19 heavy (non-hydrogen) atoms. The van der Waals surface area contributed by atoms with Crippen molar-refractivity contribution in [2.45, 2.75) is 70.8 Å². The Labute approximate surface area is 118 Å². The molecule has 3 nitrogen and oxygen atoms in total. The molecule has 0 bridgehead atoms. The van der Waals surface area contributed by atoms with Crippen LogP contribution in [0, 0.1) is 0 Å². The maximum Gasteiger partial charge on any atom is 0.115 e. The molecule has 3 heteroatoms. The Hall–Kier alpha value is -0.960. The summed E-state index contributed by atoms with van der Waals surface area (Å²) in [7, 11) is 2.02. The fourth-order valence-electron chi connectivity index (χ4n) is 2.45. The molecule has 1 N–H and O–H groups in total. The highest BCUT2D eigenvalue weighted by Gasteiger charge is 2.08. The van der Waals surface area contributed by atoms with Gasteiger partial charge in [-0.2, -0.15) is 0 Å². The Kier molecular flexibility index (Phi) is 9.25. The summed E-state index contributed by atoms with van der Waals surface area (Å²) in [5.74, 6) is 0. The van der Waals surface area contributed by atoms with E-state index in [1.807, 2.05) is 19.4 Å². The van der Waals surface area contributed by atoms with Gasteiger partial charge in [0.25, 0.3) is 0 Å². The van der Waals surface area contributed by atoms with Gasteiger partial charge in [0, 0.05) is 24.0 Å². The van der Waals surface area contributed by atoms with Gasteiger partial charge in [-0.3, -0.25) is 0 Å². The fraction of sp³-hybridized carbons (Fsp3) is 0.750. The summed E-state index contributed by atoms with van der Waals surface area (Å²) in [6.07, 6.45) is 17.6. The zero-order valence-electron chi connectivity index (χ0n) is 12.6. The van der Waals surface area contributed by atoms with Gasteiger partial charge in [0.05, 0.1) is 0 Å². The summed E-state index contributed by atoms with van der Waals surface area (Å²) in [5, 5.41) is 3.36. The standard InChI is InChI=1S/C16H29N3/c1-3-4-5-6-7-8-9-10-11-16(17-2)15-12-18-14-19-13-15/h12-14,16-17H,3-11H2,1-2H3. The van der Waals surface area contributed by atoms with Crippen molar-refractivity contribution in [2.75, 3.05) is 7.05 Å². The zero-order valence-corrected chi connectivity index (χ0v) is 12.6. The van der Waals surface area contributed by atoms with Gasteiger partial charge in [-0.25, -0.2) is 9.97 Å². The number of unbranched alkanes of at least 4 members (excludes halogenated alkanes) is 7. The largest absolute Gasteiger partial charge is 0.313 e. The molecule has 0 fully saturated rings. The maximum absolute atomic E-state index is 4.09. The molecule has 0 aliphatic heterocycles. The van der Waals surface area contributed by atoms with E-state index in [1.165, 1.54) is 63.4 Å². The first-order valence-electron chi connectivity index (χ1n) is 7.80. The fourth-order valence-corrected chi connectivity index (χ4v) is 2.45. The molecule has 1 aromatic heterocycles. The van der Waals surface area contributed by atoms with Gasteiger partial charge in [-0.15, -0.1) is 0 Å². The minimum Gasteiger partial charge on any atom is -0.313 e. The summed E-state index contributed by atoms with van der Waals surface area (Å²) >= 11 is 0. The summed E-state index contributed by atoms with van der Waals surface area (Å²) in [5.41, 5.74) is 1.20. The van der Waals surface area contributed by atoms with E-state index in [1.54, 1.807) is 6.33 Å². The van der Waals surface area contributed by atoms with Crippen LogP contribution >= 0.6 is 0 Å². The van der Waals surface area contributed by atoms with Crippen molar-refractivity contribution in [2.24, 2.45) is 0 Å². The van der Waals surface area contributed by atoms with Crippen molar-refractivity contribution < 1.29 is 0 Å². The van der Waals surface area contributed by atoms with Crippen molar-refractivity contribution in [1.82, 2.24) is 15.3 Å². The minimum absolute atomic E-state index is 0.404. The van der Waals surface area contributed by atoms with Crippen LogP contribution in [0.1, 0.15) is 76.3 Å². The number of rotatable bonds is 11. The van der Waals surface area contributed by atoms with E-state index in [9.17, 15) is 0 Å². The lowest BCUT2D eigenvalue weighted by Crippen LogP contribution is -2.16. The molecule has 1 atom stereocenters. The Morgan fingerprint density at radius 3 is 2.11 bits per heavy atom. The second-order valence-electron chi connectivity index (χ2n) is 5.28. The van der Waals surface area contributed by atoms with Crippen LogP contribution in [-0.2, 0) is 0 Å². The molecular formula is C16H29N3. The number of hydrogen-bond acceptors (Lipinski definition) is 3. The van der Waals surface area contributed by atoms with E-state index in [0.29, 0.717) is 6.04 Å². The number of nitrogens with zero attached hydrogens (tertiary/aromatic N) is 2. The number of nitrogens with one attached hydrogen (secondary N) is 1. The average Bonchev–Trinajstić information content (AvgIpc) is 2.47. The van der Waals surface area contributed by atoms with Gasteiger partial charge in [0.1, 0.15) is 6.33 Å². The minimum atomic E-state index is 0.404. The molecule has 0 amide bonds. The SMILES string of the molecule is CCCCCCCCCCC(NC)c1cncnc1. The molecular weight excluding hydrogens is 234 g/mol. The Balaban J connectivity index is 2.07. The summed E-state index contributed by atoms with van der Waals surface area (Å²) in [6, 6.07) is 0.404. The van der Waals surface area contributed by atoms with Gasteiger partial charge in [-0.1, -0.05) is 58.3 Å². The van der Waals surface area contributed by atoms with Crippen LogP contribution in [-0.4, -0.2) is 17.0 Å². The molecule has 1 aromatic rings. The Morgan fingerprint density at radius 1 is 0.947 bits per heavy atom. The van der Waals surface area contributed by atoms with Crippen LogP contribution < -0.4 is 5.32 Å². The summed E-state index contributed by atoms with van der Waals surface area (Å²) in [6.45, 7) is 2.27. The normalized spacial score (nSPS) is 12.5. The van der Waals surface area contributed by atoms with Crippen molar-refractivity contribution in [1.29, 1.82) is 0 Å². The summed E-state index contributed by atoms with van der Waals surface area (Å²) < 4.78 is 0. The smallest absolute Gasteiger partial charge is 0.115 e. The van der Waals surface area contributed by atoms with Crippen LogP contribution in [0.15, 0.2) is 18.7 Å². The van der Waals surface area contributed by atoms with Crippen LogP contribution in [0.3, 0.4) is 0 Å². The molecule has 0 radical (unpaired) electrons. The van der Waals surface area contributed by atoms with Gasteiger partial charge in [0.15, 0.2) is 0 Å². The monoisotopic (exact) mass is 263 g/mol. The van der Waals surface area contributed by atoms with E-state index in [4.69, 9.17) is 0 Å². The molecule has 1 rings (SSSR count). The third-order valence-corrected chi connectivity index (χ3v) is 3.68. The van der Waals surface area contributed by atoms with Crippen molar-refractivity contribution in [3.05, 3.63) is 24.3 Å². The Morgan fingerprint density at radius 2 is 1.53 bits per heavy atom. The molecule has 1 heterocycles. The highest BCUT2D eigenvalue weighted by atomic mass is 14.9. The molecule has 0 saturated carbocycles. The summed E-state index contributed by atoms with van der Waals surface area (Å²) in [4.78, 5) is 8.18. The van der Waals surface area contributed by atoms with Crippen LogP contribution in [0.5, 0.6) is 0 Å². The highest BCUT2D eigenvalue weighted by Crippen LogP contribution is 2.18. The molecule has 1 unspecified atom stereocenters. The van der Waals surface area contributed by atoms with E-state index >= 15 is 0 Å². The van der Waals surface area contributed by atoms with E-state index in [-0.39, 0.29) is 0 Å². The van der Waals surface area contributed by atoms with Gasteiger partial charge < -0.3 is 5.32 Å². The Bertz CT molecular complexity index is 300. The number of aromatic nitrogens is 2. The molecule has 0 aliphatic carbocycles. The number of hydrogen-bond donors (Lipinski definition) is 1. The molecule has 0 aliphatic rings. The third kappa shape index (κ3) is 7.26. The lowest BCUT2D eigenvalue weighted by molar-refractivity contribution is 0.492. The van der Waals surface area contributed by atoms with E-state index in [0.717, 1.165) is 0 Å². The lowest BCUT2D eigenvalue weighted by Gasteiger charge is -2.15. The van der Waals surface area contributed by atoms with E-state index in [2.05, 4.69) is 22.2 Å². The topological polar surface area (TPSA) is 37.8 Å². The second-order valence-corrected chi connectivity index (χ2v) is 5.28. The van der Waals surface area contributed by atoms with Crippen LogP contribution in [0.2, 0.25) is 0 Å². The second kappa shape index (κ2) is 10.9. The van der Waals surface area contributed by atoms with Crippen molar-refractivity contribution in [3.63, 3.8) is 0 Å². The van der Waals surface area contributed by atoms with E-state index < -0.39 is 0 Å². The van der Waals surface area contributed by atoms with Crippen LogP contribution in [0.4, 0.5) is 0 Å². The predicted octanol–water partition coefficient (Wildman–Crippen LogP) is 4.27. The molecule has 0 aromatic carbocycles. The zero-order chi connectivity index (χ0) is 13.8. The average molecular weight is 263 g/mol. The first kappa shape index (κ1) is 16.1. The van der Waals surface area contributed by atoms with Crippen molar-refractivity contribution in [3.8, 4) is 0 Å². The third-order valence-electron chi connectivity index (χ3n) is 3.68. The van der Waals surface area contributed by atoms with Gasteiger partial charge in [0.2, 0.25) is 0 Å². The maximum atomic E-state index is 4.09. The first-order chi connectivity index (χ1) is 9.38. The lowest BCUT2D eigenvalue weighted by atomic mass is 10.0. The van der Waals surface area contributed by atoms with Gasteiger partial charge >= 0.3 is 0 Å². The molecule has 108 valence electrons. The first-order valence-corrected chi connectivity index (χ1v) is 7.80. The highest BCUT2D eigenvalue weighted by molar-refractivity contribution is 5.08. The van der Waals surface area contributed by atoms with Gasteiger partial charge in [-0.05, 0) is 13.5 Å². The molecule has 0 spiro atoms.